The van der Waals surface area contributed by atoms with E-state index in [0.717, 1.165) is 5.56 Å². The summed E-state index contributed by atoms with van der Waals surface area (Å²) >= 11 is 0. The van der Waals surface area contributed by atoms with Crippen molar-refractivity contribution in [3.63, 3.8) is 0 Å². The molecule has 1 aromatic heterocycles. The van der Waals surface area contributed by atoms with Gasteiger partial charge in [-0.15, -0.1) is 0 Å². The molecule has 0 fully saturated rings. The molecule has 0 aliphatic carbocycles. The van der Waals surface area contributed by atoms with E-state index in [4.69, 9.17) is 5.11 Å². The van der Waals surface area contributed by atoms with Crippen molar-refractivity contribution in [2.45, 2.75) is 6.92 Å². The fraction of sp³-hybridized carbons (Fsp3) is 0.0769. The first-order valence-electron chi connectivity index (χ1n) is 5.03. The highest BCUT2D eigenvalue weighted by Crippen LogP contribution is 2.26. The number of carboxylic acid groups (broad SMARTS) is 1. The molecule has 0 aliphatic rings. The SMILES string of the molecule is Cc1cncc(C(=O)O)c1-c1ccc(F)cc1. The van der Waals surface area contributed by atoms with Crippen molar-refractivity contribution < 1.29 is 14.3 Å². The number of pyridine rings is 1. The highest BCUT2D eigenvalue weighted by Gasteiger charge is 2.14. The van der Waals surface area contributed by atoms with Gasteiger partial charge in [0.15, 0.2) is 0 Å². The van der Waals surface area contributed by atoms with Crippen molar-refractivity contribution >= 4 is 5.97 Å². The topological polar surface area (TPSA) is 50.2 Å². The largest absolute Gasteiger partial charge is 0.478 e. The molecular weight excluding hydrogens is 221 g/mol. The van der Waals surface area contributed by atoms with Crippen LogP contribution in [0.1, 0.15) is 15.9 Å². The fourth-order valence-corrected chi connectivity index (χ4v) is 1.73. The highest BCUT2D eigenvalue weighted by atomic mass is 19.1. The van der Waals surface area contributed by atoms with Crippen LogP contribution in [0.15, 0.2) is 36.7 Å². The summed E-state index contributed by atoms with van der Waals surface area (Å²) in [4.78, 5) is 15.0. The molecule has 0 bridgehead atoms. The number of carboxylic acids is 1. The molecule has 0 aliphatic heterocycles. The van der Waals surface area contributed by atoms with Crippen molar-refractivity contribution in [3.05, 3.63) is 53.6 Å². The van der Waals surface area contributed by atoms with Gasteiger partial charge in [-0.2, -0.15) is 0 Å². The second kappa shape index (κ2) is 4.33. The van der Waals surface area contributed by atoms with Crippen LogP contribution < -0.4 is 0 Å². The molecule has 4 heteroatoms. The molecule has 86 valence electrons. The van der Waals surface area contributed by atoms with Gasteiger partial charge >= 0.3 is 5.97 Å². The van der Waals surface area contributed by atoms with E-state index in [0.29, 0.717) is 11.1 Å². The number of aromatic nitrogens is 1. The van der Waals surface area contributed by atoms with Crippen molar-refractivity contribution in [3.8, 4) is 11.1 Å². The van der Waals surface area contributed by atoms with Gasteiger partial charge in [0.2, 0.25) is 0 Å². The highest BCUT2D eigenvalue weighted by molar-refractivity contribution is 5.96. The van der Waals surface area contributed by atoms with Crippen LogP contribution in [0.5, 0.6) is 0 Å². The van der Waals surface area contributed by atoms with Crippen LogP contribution in [0, 0.1) is 12.7 Å². The van der Waals surface area contributed by atoms with Crippen LogP contribution >= 0.6 is 0 Å². The number of aryl methyl sites for hydroxylation is 1. The van der Waals surface area contributed by atoms with E-state index < -0.39 is 5.97 Å². The maximum Gasteiger partial charge on any atom is 0.337 e. The lowest BCUT2D eigenvalue weighted by molar-refractivity contribution is 0.0697. The Kier molecular flexibility index (Phi) is 2.87. The molecule has 0 spiro atoms. The smallest absolute Gasteiger partial charge is 0.337 e. The zero-order chi connectivity index (χ0) is 12.4. The van der Waals surface area contributed by atoms with E-state index in [2.05, 4.69) is 4.98 Å². The summed E-state index contributed by atoms with van der Waals surface area (Å²) in [7, 11) is 0. The molecule has 2 rings (SSSR count). The fourth-order valence-electron chi connectivity index (χ4n) is 1.73. The first kappa shape index (κ1) is 11.3. The molecule has 0 saturated carbocycles. The third-order valence-electron chi connectivity index (χ3n) is 2.50. The lowest BCUT2D eigenvalue weighted by Crippen LogP contribution is -2.02. The summed E-state index contributed by atoms with van der Waals surface area (Å²) in [6.45, 7) is 1.78. The Hall–Kier alpha value is -2.23. The number of hydrogen-bond acceptors (Lipinski definition) is 2. The van der Waals surface area contributed by atoms with Gasteiger partial charge in [0.1, 0.15) is 5.82 Å². The Labute approximate surface area is 97.6 Å². The van der Waals surface area contributed by atoms with E-state index in [1.807, 2.05) is 0 Å². The van der Waals surface area contributed by atoms with Gasteiger partial charge in [0, 0.05) is 18.0 Å². The van der Waals surface area contributed by atoms with Gasteiger partial charge < -0.3 is 5.11 Å². The molecule has 0 unspecified atom stereocenters. The normalized spacial score (nSPS) is 10.2. The summed E-state index contributed by atoms with van der Waals surface area (Å²) in [5.41, 5.74) is 2.12. The predicted molar refractivity (Wildman–Crippen MR) is 61.3 cm³/mol. The summed E-state index contributed by atoms with van der Waals surface area (Å²) < 4.78 is 12.8. The van der Waals surface area contributed by atoms with Crippen LogP contribution in [0.25, 0.3) is 11.1 Å². The number of carbonyl (C=O) groups is 1. The minimum atomic E-state index is -1.04. The third kappa shape index (κ3) is 2.15. The van der Waals surface area contributed by atoms with Crippen LogP contribution in [0.4, 0.5) is 4.39 Å². The molecule has 3 nitrogen and oxygen atoms in total. The van der Waals surface area contributed by atoms with E-state index in [1.54, 1.807) is 25.3 Å². The number of halogens is 1. The minimum Gasteiger partial charge on any atom is -0.478 e. The zero-order valence-corrected chi connectivity index (χ0v) is 9.14. The van der Waals surface area contributed by atoms with Crippen molar-refractivity contribution in [1.29, 1.82) is 0 Å². The number of aromatic carboxylic acids is 1. The number of benzene rings is 1. The summed E-state index contributed by atoms with van der Waals surface area (Å²) in [5.74, 6) is -1.39. The Morgan fingerprint density at radius 3 is 2.47 bits per heavy atom. The molecule has 1 aromatic carbocycles. The van der Waals surface area contributed by atoms with E-state index >= 15 is 0 Å². The average Bonchev–Trinajstić information content (AvgIpc) is 2.30. The Morgan fingerprint density at radius 2 is 1.88 bits per heavy atom. The molecule has 1 heterocycles. The maximum atomic E-state index is 12.8. The van der Waals surface area contributed by atoms with E-state index in [-0.39, 0.29) is 11.4 Å². The third-order valence-corrected chi connectivity index (χ3v) is 2.50. The Morgan fingerprint density at radius 1 is 1.24 bits per heavy atom. The van der Waals surface area contributed by atoms with E-state index in [1.165, 1.54) is 18.3 Å². The van der Waals surface area contributed by atoms with Gasteiger partial charge in [0.05, 0.1) is 5.56 Å². The quantitative estimate of drug-likeness (QED) is 0.864. The molecule has 0 atom stereocenters. The summed E-state index contributed by atoms with van der Waals surface area (Å²) in [6, 6.07) is 5.73. The second-order valence-corrected chi connectivity index (χ2v) is 3.69. The lowest BCUT2D eigenvalue weighted by atomic mass is 9.97. The summed E-state index contributed by atoms with van der Waals surface area (Å²) in [6.07, 6.45) is 2.89. The zero-order valence-electron chi connectivity index (χ0n) is 9.14. The first-order chi connectivity index (χ1) is 8.09. The first-order valence-corrected chi connectivity index (χ1v) is 5.03. The molecule has 2 aromatic rings. The standard InChI is InChI=1S/C13H10FNO2/c1-8-6-15-7-11(13(16)17)12(8)9-2-4-10(14)5-3-9/h2-7H,1H3,(H,16,17). The van der Waals surface area contributed by atoms with Gasteiger partial charge in [-0.3, -0.25) is 4.98 Å². The minimum absolute atomic E-state index is 0.122. The lowest BCUT2D eigenvalue weighted by Gasteiger charge is -2.09. The van der Waals surface area contributed by atoms with E-state index in [9.17, 15) is 9.18 Å². The van der Waals surface area contributed by atoms with Crippen LogP contribution in [0.2, 0.25) is 0 Å². The van der Waals surface area contributed by atoms with Gasteiger partial charge in [-0.25, -0.2) is 9.18 Å². The van der Waals surface area contributed by atoms with Gasteiger partial charge in [-0.1, -0.05) is 12.1 Å². The Balaban J connectivity index is 2.65. The van der Waals surface area contributed by atoms with Crippen LogP contribution in [-0.2, 0) is 0 Å². The van der Waals surface area contributed by atoms with Crippen molar-refractivity contribution in [2.75, 3.05) is 0 Å². The van der Waals surface area contributed by atoms with Crippen LogP contribution in [-0.4, -0.2) is 16.1 Å². The monoisotopic (exact) mass is 231 g/mol. The molecule has 1 N–H and O–H groups in total. The van der Waals surface area contributed by atoms with Gasteiger partial charge in [-0.05, 0) is 30.2 Å². The van der Waals surface area contributed by atoms with Crippen molar-refractivity contribution in [1.82, 2.24) is 4.98 Å². The molecule has 0 amide bonds. The van der Waals surface area contributed by atoms with Crippen LogP contribution in [0.3, 0.4) is 0 Å². The number of hydrogen-bond donors (Lipinski definition) is 1. The number of rotatable bonds is 2. The predicted octanol–water partition coefficient (Wildman–Crippen LogP) is 2.89. The molecule has 0 saturated heterocycles. The second-order valence-electron chi connectivity index (χ2n) is 3.69. The van der Waals surface area contributed by atoms with Crippen molar-refractivity contribution in [2.24, 2.45) is 0 Å². The molecular formula is C13H10FNO2. The number of nitrogens with zero attached hydrogens (tertiary/aromatic N) is 1. The molecule has 0 radical (unpaired) electrons. The average molecular weight is 231 g/mol. The Bertz CT molecular complexity index is 564. The maximum absolute atomic E-state index is 12.8. The van der Waals surface area contributed by atoms with Gasteiger partial charge in [0.25, 0.3) is 0 Å². The summed E-state index contributed by atoms with van der Waals surface area (Å²) in [5, 5.41) is 9.09. The molecule has 17 heavy (non-hydrogen) atoms.